The van der Waals surface area contributed by atoms with Gasteiger partial charge in [0.25, 0.3) is 5.89 Å². The van der Waals surface area contributed by atoms with Gasteiger partial charge >= 0.3 is 0 Å². The number of anilines is 1. The fourth-order valence-corrected chi connectivity index (χ4v) is 1.93. The molecule has 2 N–H and O–H groups in total. The van der Waals surface area contributed by atoms with Crippen LogP contribution in [0.1, 0.15) is 11.4 Å². The van der Waals surface area contributed by atoms with E-state index in [0.29, 0.717) is 29.4 Å². The van der Waals surface area contributed by atoms with Crippen molar-refractivity contribution in [3.63, 3.8) is 0 Å². The third kappa shape index (κ3) is 2.51. The van der Waals surface area contributed by atoms with Gasteiger partial charge in [0.1, 0.15) is 5.82 Å². The number of nitrogen functional groups attached to an aromatic ring is 1. The summed E-state index contributed by atoms with van der Waals surface area (Å²) in [7, 11) is 0. The van der Waals surface area contributed by atoms with Gasteiger partial charge in [-0.05, 0) is 29.8 Å². The van der Waals surface area contributed by atoms with Crippen LogP contribution in [0.15, 0.2) is 53.1 Å². The van der Waals surface area contributed by atoms with Crippen molar-refractivity contribution in [3.8, 4) is 11.5 Å². The third-order valence-electron chi connectivity index (χ3n) is 2.91. The van der Waals surface area contributed by atoms with Crippen LogP contribution in [0.2, 0.25) is 0 Å². The van der Waals surface area contributed by atoms with E-state index in [0.717, 1.165) is 5.56 Å². The van der Waals surface area contributed by atoms with E-state index in [1.165, 1.54) is 6.07 Å². The molecule has 3 rings (SSSR count). The van der Waals surface area contributed by atoms with E-state index in [2.05, 4.69) is 10.1 Å². The van der Waals surface area contributed by atoms with Crippen molar-refractivity contribution in [3.05, 3.63) is 65.7 Å². The largest absolute Gasteiger partial charge is 0.399 e. The van der Waals surface area contributed by atoms with Crippen molar-refractivity contribution in [1.29, 1.82) is 0 Å². The van der Waals surface area contributed by atoms with Crippen molar-refractivity contribution in [2.45, 2.75) is 6.42 Å². The SMILES string of the molecule is Nc1cccc(-c2nc(Cc3ccccc3F)no2)c1. The second kappa shape index (κ2) is 5.13. The summed E-state index contributed by atoms with van der Waals surface area (Å²) >= 11 is 0. The Balaban J connectivity index is 1.86. The summed E-state index contributed by atoms with van der Waals surface area (Å²) in [5, 5.41) is 3.87. The highest BCUT2D eigenvalue weighted by atomic mass is 19.1. The molecule has 0 radical (unpaired) electrons. The molecule has 1 aromatic heterocycles. The molecule has 3 aromatic rings. The molecule has 100 valence electrons. The van der Waals surface area contributed by atoms with E-state index in [4.69, 9.17) is 10.3 Å². The Hall–Kier alpha value is -2.69. The van der Waals surface area contributed by atoms with Gasteiger partial charge in [-0.3, -0.25) is 0 Å². The lowest BCUT2D eigenvalue weighted by molar-refractivity contribution is 0.423. The molecule has 0 unspecified atom stereocenters. The van der Waals surface area contributed by atoms with E-state index in [1.807, 2.05) is 12.1 Å². The van der Waals surface area contributed by atoms with Gasteiger partial charge in [-0.15, -0.1) is 0 Å². The molecule has 0 bridgehead atoms. The van der Waals surface area contributed by atoms with Crippen molar-refractivity contribution < 1.29 is 8.91 Å². The molecule has 20 heavy (non-hydrogen) atoms. The quantitative estimate of drug-likeness (QED) is 0.742. The summed E-state index contributed by atoms with van der Waals surface area (Å²) in [5.41, 5.74) is 7.61. The minimum Gasteiger partial charge on any atom is -0.399 e. The first-order valence-electron chi connectivity index (χ1n) is 6.14. The molecule has 0 amide bonds. The molecule has 0 atom stereocenters. The second-order valence-electron chi connectivity index (χ2n) is 4.41. The van der Waals surface area contributed by atoms with Crippen LogP contribution in [-0.4, -0.2) is 10.1 Å². The van der Waals surface area contributed by atoms with Gasteiger partial charge in [-0.25, -0.2) is 4.39 Å². The molecule has 0 fully saturated rings. The number of hydrogen-bond acceptors (Lipinski definition) is 4. The lowest BCUT2D eigenvalue weighted by Crippen LogP contribution is -1.94. The third-order valence-corrected chi connectivity index (χ3v) is 2.91. The van der Waals surface area contributed by atoms with E-state index in [9.17, 15) is 4.39 Å². The highest BCUT2D eigenvalue weighted by Crippen LogP contribution is 2.20. The van der Waals surface area contributed by atoms with E-state index in [-0.39, 0.29) is 5.82 Å². The standard InChI is InChI=1S/C15H12FN3O/c16-13-7-2-1-4-10(13)9-14-18-15(20-19-14)11-5-3-6-12(17)8-11/h1-8H,9,17H2. The van der Waals surface area contributed by atoms with E-state index < -0.39 is 0 Å². The van der Waals surface area contributed by atoms with Crippen LogP contribution in [0.4, 0.5) is 10.1 Å². The molecular formula is C15H12FN3O. The molecule has 0 aliphatic heterocycles. The highest BCUT2D eigenvalue weighted by Gasteiger charge is 2.11. The van der Waals surface area contributed by atoms with Crippen LogP contribution in [-0.2, 0) is 6.42 Å². The van der Waals surface area contributed by atoms with Gasteiger partial charge in [-0.1, -0.05) is 29.4 Å². The zero-order valence-electron chi connectivity index (χ0n) is 10.6. The van der Waals surface area contributed by atoms with Crippen LogP contribution in [0, 0.1) is 5.82 Å². The molecule has 4 nitrogen and oxygen atoms in total. The molecule has 5 heteroatoms. The minimum atomic E-state index is -0.275. The fraction of sp³-hybridized carbons (Fsp3) is 0.0667. The Morgan fingerprint density at radius 2 is 1.95 bits per heavy atom. The van der Waals surface area contributed by atoms with Gasteiger partial charge in [-0.2, -0.15) is 4.98 Å². The summed E-state index contributed by atoms with van der Waals surface area (Å²) < 4.78 is 18.7. The van der Waals surface area contributed by atoms with Crippen LogP contribution < -0.4 is 5.73 Å². The van der Waals surface area contributed by atoms with Crippen LogP contribution >= 0.6 is 0 Å². The van der Waals surface area contributed by atoms with E-state index in [1.54, 1.807) is 30.3 Å². The molecule has 1 heterocycles. The summed E-state index contributed by atoms with van der Waals surface area (Å²) in [4.78, 5) is 4.26. The molecule has 0 saturated heterocycles. The zero-order chi connectivity index (χ0) is 13.9. The molecule has 0 spiro atoms. The van der Waals surface area contributed by atoms with Gasteiger partial charge in [0, 0.05) is 17.7 Å². The Morgan fingerprint density at radius 1 is 1.10 bits per heavy atom. The first-order valence-corrected chi connectivity index (χ1v) is 6.14. The van der Waals surface area contributed by atoms with Crippen LogP contribution in [0.3, 0.4) is 0 Å². The maximum atomic E-state index is 13.6. The van der Waals surface area contributed by atoms with Crippen LogP contribution in [0.25, 0.3) is 11.5 Å². The molecule has 0 saturated carbocycles. The van der Waals surface area contributed by atoms with Crippen molar-refractivity contribution in [2.75, 3.05) is 5.73 Å². The van der Waals surface area contributed by atoms with Crippen molar-refractivity contribution in [1.82, 2.24) is 10.1 Å². The predicted octanol–water partition coefficient (Wildman–Crippen LogP) is 3.05. The predicted molar refractivity (Wildman–Crippen MR) is 73.4 cm³/mol. The number of halogens is 1. The smallest absolute Gasteiger partial charge is 0.258 e. The molecule has 0 aliphatic rings. The lowest BCUT2D eigenvalue weighted by atomic mass is 10.1. The number of benzene rings is 2. The molecule has 0 aliphatic carbocycles. The van der Waals surface area contributed by atoms with Gasteiger partial charge in [0.2, 0.25) is 0 Å². The van der Waals surface area contributed by atoms with Crippen molar-refractivity contribution in [2.24, 2.45) is 0 Å². The first-order chi connectivity index (χ1) is 9.72. The Morgan fingerprint density at radius 3 is 2.75 bits per heavy atom. The maximum absolute atomic E-state index is 13.6. The summed E-state index contributed by atoms with van der Waals surface area (Å²) in [6.45, 7) is 0. The number of nitrogens with two attached hydrogens (primary N) is 1. The maximum Gasteiger partial charge on any atom is 0.258 e. The average molecular weight is 269 g/mol. The average Bonchev–Trinajstić information content (AvgIpc) is 2.90. The number of hydrogen-bond donors (Lipinski definition) is 1. The topological polar surface area (TPSA) is 64.9 Å². The number of aromatic nitrogens is 2. The number of nitrogens with zero attached hydrogens (tertiary/aromatic N) is 2. The molecular weight excluding hydrogens is 257 g/mol. The van der Waals surface area contributed by atoms with Crippen molar-refractivity contribution >= 4 is 5.69 Å². The Bertz CT molecular complexity index is 739. The van der Waals surface area contributed by atoms with Gasteiger partial charge in [0.15, 0.2) is 5.82 Å². The van der Waals surface area contributed by atoms with E-state index >= 15 is 0 Å². The normalized spacial score (nSPS) is 10.7. The highest BCUT2D eigenvalue weighted by molar-refractivity contribution is 5.59. The second-order valence-corrected chi connectivity index (χ2v) is 4.41. The summed E-state index contributed by atoms with van der Waals surface area (Å²) in [6, 6.07) is 13.7. The monoisotopic (exact) mass is 269 g/mol. The fourth-order valence-electron chi connectivity index (χ4n) is 1.93. The van der Waals surface area contributed by atoms with Gasteiger partial charge in [0.05, 0.1) is 0 Å². The minimum absolute atomic E-state index is 0.275. The first kappa shape index (κ1) is 12.3. The summed E-state index contributed by atoms with van der Waals surface area (Å²) in [5.74, 6) is 0.541. The molecule has 2 aromatic carbocycles. The number of rotatable bonds is 3. The Kier molecular flexibility index (Phi) is 3.16. The van der Waals surface area contributed by atoms with Gasteiger partial charge < -0.3 is 10.3 Å². The zero-order valence-corrected chi connectivity index (χ0v) is 10.6. The summed E-state index contributed by atoms with van der Waals surface area (Å²) in [6.07, 6.45) is 0.290. The van der Waals surface area contributed by atoms with Crippen LogP contribution in [0.5, 0.6) is 0 Å². The lowest BCUT2D eigenvalue weighted by Gasteiger charge is -1.98. The Labute approximate surface area is 115 Å².